The number of likely N-dealkylation sites (N-methyl/N-ethyl adjacent to an activating group) is 1. The van der Waals surface area contributed by atoms with Gasteiger partial charge in [0.05, 0.1) is 11.3 Å². The molecule has 1 saturated carbocycles. The average molecular weight is 237 g/mol. The fraction of sp³-hybridized carbons (Fsp3) is 0.769. The number of rotatable bonds is 4. The second-order valence-corrected chi connectivity index (χ2v) is 5.52. The van der Waals surface area contributed by atoms with Crippen LogP contribution in [0.4, 0.5) is 0 Å². The first-order valence-corrected chi connectivity index (χ1v) is 6.39. The summed E-state index contributed by atoms with van der Waals surface area (Å²) in [6.45, 7) is 3.66. The number of aromatic nitrogens is 2. The molecule has 0 bridgehead atoms. The molecule has 0 saturated heterocycles. The lowest BCUT2D eigenvalue weighted by Gasteiger charge is -2.28. The molecule has 0 radical (unpaired) electrons. The molecular formula is C13H23N3O. The molecule has 17 heavy (non-hydrogen) atoms. The van der Waals surface area contributed by atoms with Crippen LogP contribution in [0.1, 0.15) is 36.9 Å². The summed E-state index contributed by atoms with van der Waals surface area (Å²) in [7, 11) is 4.02. The minimum Gasteiger partial charge on any atom is -0.389 e. The molecule has 1 aromatic heterocycles. The van der Waals surface area contributed by atoms with Crippen LogP contribution in [0.5, 0.6) is 0 Å². The Morgan fingerprint density at radius 2 is 2.12 bits per heavy atom. The third-order valence-corrected chi connectivity index (χ3v) is 3.65. The highest BCUT2D eigenvalue weighted by molar-refractivity contribution is 5.15. The molecule has 96 valence electrons. The molecule has 0 aromatic carbocycles. The van der Waals surface area contributed by atoms with Gasteiger partial charge >= 0.3 is 0 Å². The number of aliphatic hydroxyl groups is 1. The summed E-state index contributed by atoms with van der Waals surface area (Å²) in [6, 6.07) is 0. The summed E-state index contributed by atoms with van der Waals surface area (Å²) < 4.78 is 1.85. The number of hydrogen-bond donors (Lipinski definition) is 1. The van der Waals surface area contributed by atoms with Crippen LogP contribution in [0.3, 0.4) is 0 Å². The molecule has 1 aliphatic rings. The van der Waals surface area contributed by atoms with E-state index in [1.165, 1.54) is 5.56 Å². The molecule has 1 heterocycles. The molecular weight excluding hydrogens is 214 g/mol. The van der Waals surface area contributed by atoms with Gasteiger partial charge in [0.25, 0.3) is 0 Å². The summed E-state index contributed by atoms with van der Waals surface area (Å²) in [5, 5.41) is 14.7. The molecule has 4 nitrogen and oxygen atoms in total. The zero-order chi connectivity index (χ0) is 12.5. The van der Waals surface area contributed by atoms with Gasteiger partial charge in [-0.15, -0.1) is 0 Å². The first-order valence-electron chi connectivity index (χ1n) is 6.39. The van der Waals surface area contributed by atoms with Crippen LogP contribution in [0, 0.1) is 6.92 Å². The summed E-state index contributed by atoms with van der Waals surface area (Å²) in [5.74, 6) is 0. The predicted octanol–water partition coefficient (Wildman–Crippen LogP) is 1.47. The van der Waals surface area contributed by atoms with Gasteiger partial charge in [0.1, 0.15) is 0 Å². The summed E-state index contributed by atoms with van der Waals surface area (Å²) in [6.07, 6.45) is 6.28. The lowest BCUT2D eigenvalue weighted by Crippen LogP contribution is -2.38. The summed E-state index contributed by atoms with van der Waals surface area (Å²) in [5.41, 5.74) is 1.87. The lowest BCUT2D eigenvalue weighted by molar-refractivity contribution is 0.0145. The summed E-state index contributed by atoms with van der Waals surface area (Å²) in [4.78, 5) is 2.20. The SMILES string of the molecule is Cc1nn(C)cc1CN(C)CC1(O)CCCC1. The number of aryl methyl sites for hydroxylation is 2. The van der Waals surface area contributed by atoms with Crippen molar-refractivity contribution in [2.45, 2.75) is 44.8 Å². The highest BCUT2D eigenvalue weighted by Crippen LogP contribution is 2.30. The highest BCUT2D eigenvalue weighted by atomic mass is 16.3. The Bertz CT molecular complexity index is 380. The summed E-state index contributed by atoms with van der Waals surface area (Å²) >= 11 is 0. The van der Waals surface area contributed by atoms with Gasteiger partial charge in [0.2, 0.25) is 0 Å². The van der Waals surface area contributed by atoms with Crippen LogP contribution in [0.15, 0.2) is 6.20 Å². The van der Waals surface area contributed by atoms with Crippen molar-refractivity contribution in [1.82, 2.24) is 14.7 Å². The monoisotopic (exact) mass is 237 g/mol. The van der Waals surface area contributed by atoms with Gasteiger partial charge in [0, 0.05) is 31.9 Å². The average Bonchev–Trinajstić information content (AvgIpc) is 2.74. The maximum absolute atomic E-state index is 10.4. The van der Waals surface area contributed by atoms with E-state index in [9.17, 15) is 5.11 Å². The van der Waals surface area contributed by atoms with Gasteiger partial charge in [-0.25, -0.2) is 0 Å². The van der Waals surface area contributed by atoms with Crippen molar-refractivity contribution in [3.63, 3.8) is 0 Å². The van der Waals surface area contributed by atoms with Crippen LogP contribution in [0.2, 0.25) is 0 Å². The fourth-order valence-corrected chi connectivity index (χ4v) is 2.84. The Morgan fingerprint density at radius 1 is 1.47 bits per heavy atom. The van der Waals surface area contributed by atoms with Crippen molar-refractivity contribution in [3.05, 3.63) is 17.5 Å². The molecule has 0 unspecified atom stereocenters. The smallest absolute Gasteiger partial charge is 0.0774 e. The van der Waals surface area contributed by atoms with Gasteiger partial charge in [0.15, 0.2) is 0 Å². The zero-order valence-electron chi connectivity index (χ0n) is 11.1. The number of nitrogens with zero attached hydrogens (tertiary/aromatic N) is 3. The Labute approximate surface area is 103 Å². The van der Waals surface area contributed by atoms with Gasteiger partial charge in [-0.2, -0.15) is 5.10 Å². The molecule has 0 aliphatic heterocycles. The third kappa shape index (κ3) is 3.07. The van der Waals surface area contributed by atoms with E-state index < -0.39 is 5.60 Å². The Balaban J connectivity index is 1.93. The maximum Gasteiger partial charge on any atom is 0.0774 e. The van der Waals surface area contributed by atoms with Crippen LogP contribution < -0.4 is 0 Å². The molecule has 0 atom stereocenters. The largest absolute Gasteiger partial charge is 0.389 e. The van der Waals surface area contributed by atoms with Crippen LogP contribution in [-0.4, -0.2) is 39.0 Å². The van der Waals surface area contributed by atoms with E-state index in [-0.39, 0.29) is 0 Å². The van der Waals surface area contributed by atoms with E-state index in [1.54, 1.807) is 0 Å². The van der Waals surface area contributed by atoms with Crippen molar-refractivity contribution in [2.75, 3.05) is 13.6 Å². The highest BCUT2D eigenvalue weighted by Gasteiger charge is 2.32. The second kappa shape index (κ2) is 4.78. The van der Waals surface area contributed by atoms with Crippen molar-refractivity contribution in [2.24, 2.45) is 7.05 Å². The molecule has 1 aromatic rings. The van der Waals surface area contributed by atoms with Crippen LogP contribution >= 0.6 is 0 Å². The standard InChI is InChI=1S/C13H23N3O/c1-11-12(9-16(3)14-11)8-15(2)10-13(17)6-4-5-7-13/h9,17H,4-8,10H2,1-3H3. The molecule has 1 aliphatic carbocycles. The Kier molecular flexibility index (Phi) is 3.54. The van der Waals surface area contributed by atoms with Crippen molar-refractivity contribution >= 4 is 0 Å². The van der Waals surface area contributed by atoms with E-state index in [2.05, 4.69) is 23.2 Å². The van der Waals surface area contributed by atoms with Gasteiger partial charge in [-0.1, -0.05) is 12.8 Å². The lowest BCUT2D eigenvalue weighted by atomic mass is 10.0. The van der Waals surface area contributed by atoms with Crippen molar-refractivity contribution in [3.8, 4) is 0 Å². The Morgan fingerprint density at radius 3 is 2.65 bits per heavy atom. The minimum absolute atomic E-state index is 0.454. The topological polar surface area (TPSA) is 41.3 Å². The van der Waals surface area contributed by atoms with E-state index in [4.69, 9.17) is 0 Å². The second-order valence-electron chi connectivity index (χ2n) is 5.52. The molecule has 1 fully saturated rings. The quantitative estimate of drug-likeness (QED) is 0.862. The van der Waals surface area contributed by atoms with Gasteiger partial charge in [-0.05, 0) is 26.8 Å². The Hall–Kier alpha value is -0.870. The van der Waals surface area contributed by atoms with E-state index >= 15 is 0 Å². The maximum atomic E-state index is 10.4. The molecule has 2 rings (SSSR count). The zero-order valence-corrected chi connectivity index (χ0v) is 11.1. The first-order chi connectivity index (χ1) is 7.98. The van der Waals surface area contributed by atoms with E-state index in [0.29, 0.717) is 0 Å². The van der Waals surface area contributed by atoms with E-state index in [0.717, 1.165) is 44.5 Å². The third-order valence-electron chi connectivity index (χ3n) is 3.65. The molecule has 1 N–H and O–H groups in total. The van der Waals surface area contributed by atoms with Crippen LogP contribution in [0.25, 0.3) is 0 Å². The van der Waals surface area contributed by atoms with Crippen molar-refractivity contribution < 1.29 is 5.11 Å². The molecule has 4 heteroatoms. The van der Waals surface area contributed by atoms with Gasteiger partial charge < -0.3 is 5.11 Å². The molecule has 0 spiro atoms. The van der Waals surface area contributed by atoms with Crippen molar-refractivity contribution in [1.29, 1.82) is 0 Å². The molecule has 0 amide bonds. The predicted molar refractivity (Wildman–Crippen MR) is 67.7 cm³/mol. The van der Waals surface area contributed by atoms with Gasteiger partial charge in [-0.3, -0.25) is 9.58 Å². The fourth-order valence-electron chi connectivity index (χ4n) is 2.84. The minimum atomic E-state index is -0.454. The normalized spacial score (nSPS) is 19.1. The van der Waals surface area contributed by atoms with E-state index in [1.807, 2.05) is 18.7 Å². The number of hydrogen-bond acceptors (Lipinski definition) is 3. The first kappa shape index (κ1) is 12.6. The van der Waals surface area contributed by atoms with Crippen LogP contribution in [-0.2, 0) is 13.6 Å².